The highest BCUT2D eigenvalue weighted by Gasteiger charge is 2.17. The second-order valence-electron chi connectivity index (χ2n) is 4.23. The minimum Gasteiger partial charge on any atom is -0.454 e. The van der Waals surface area contributed by atoms with Gasteiger partial charge in [0.25, 0.3) is 0 Å². The lowest BCUT2D eigenvalue weighted by Crippen LogP contribution is -2.36. The summed E-state index contributed by atoms with van der Waals surface area (Å²) in [6.07, 6.45) is 1.61. The van der Waals surface area contributed by atoms with Crippen LogP contribution in [-0.2, 0) is 0 Å². The van der Waals surface area contributed by atoms with E-state index in [-0.39, 0.29) is 12.8 Å². The van der Waals surface area contributed by atoms with Crippen LogP contribution in [0.2, 0.25) is 5.02 Å². The molecule has 0 saturated heterocycles. The molecule has 0 bridgehead atoms. The predicted molar refractivity (Wildman–Crippen MR) is 79.2 cm³/mol. The van der Waals surface area contributed by atoms with Crippen LogP contribution in [0.1, 0.15) is 19.4 Å². The molecule has 2 N–H and O–H groups in total. The van der Waals surface area contributed by atoms with Gasteiger partial charge in [0.2, 0.25) is 6.79 Å². The van der Waals surface area contributed by atoms with Gasteiger partial charge in [0.05, 0.1) is 11.2 Å². The average Bonchev–Trinajstić information content (AvgIpc) is 2.76. The molecule has 1 aromatic rings. The van der Waals surface area contributed by atoms with Crippen molar-refractivity contribution in [2.75, 3.05) is 6.79 Å². The van der Waals surface area contributed by atoms with Crippen LogP contribution in [0.25, 0.3) is 0 Å². The first-order valence-electron chi connectivity index (χ1n) is 5.75. The zero-order chi connectivity index (χ0) is 13.8. The Labute approximate surface area is 121 Å². The molecule has 19 heavy (non-hydrogen) atoms. The molecule has 0 spiro atoms. The Bertz CT molecular complexity index is 520. The monoisotopic (exact) mass is 299 g/mol. The summed E-state index contributed by atoms with van der Waals surface area (Å²) in [5.74, 6) is 1.20. The van der Waals surface area contributed by atoms with Crippen molar-refractivity contribution in [3.8, 4) is 11.5 Å². The maximum Gasteiger partial charge on any atom is 0.231 e. The summed E-state index contributed by atoms with van der Waals surface area (Å²) in [6, 6.07) is 3.81. The summed E-state index contributed by atoms with van der Waals surface area (Å²) in [6.45, 7) is 4.18. The van der Waals surface area contributed by atoms with E-state index in [0.717, 1.165) is 5.56 Å². The van der Waals surface area contributed by atoms with Crippen molar-refractivity contribution in [2.45, 2.75) is 19.9 Å². The summed E-state index contributed by atoms with van der Waals surface area (Å²) in [7, 11) is 0. The van der Waals surface area contributed by atoms with E-state index in [1.807, 2.05) is 13.8 Å². The average molecular weight is 300 g/mol. The van der Waals surface area contributed by atoms with Crippen LogP contribution in [0.15, 0.2) is 17.2 Å². The van der Waals surface area contributed by atoms with Gasteiger partial charge in [-0.15, -0.1) is 0 Å². The Morgan fingerprint density at radius 2 is 2.26 bits per heavy atom. The van der Waals surface area contributed by atoms with Crippen molar-refractivity contribution < 1.29 is 9.47 Å². The molecule has 0 aliphatic carbocycles. The van der Waals surface area contributed by atoms with Gasteiger partial charge in [-0.1, -0.05) is 11.6 Å². The molecule has 0 fully saturated rings. The molecule has 1 aliphatic heterocycles. The number of hydrogen-bond acceptors (Lipinski definition) is 4. The largest absolute Gasteiger partial charge is 0.454 e. The van der Waals surface area contributed by atoms with E-state index in [4.69, 9.17) is 33.3 Å². The first-order chi connectivity index (χ1) is 9.06. The number of hydrogen-bond donors (Lipinski definition) is 2. The van der Waals surface area contributed by atoms with Gasteiger partial charge in [-0.05, 0) is 43.8 Å². The lowest BCUT2D eigenvalue weighted by atomic mass is 10.2. The normalized spacial score (nSPS) is 13.1. The van der Waals surface area contributed by atoms with E-state index in [1.54, 1.807) is 18.3 Å². The third kappa shape index (κ3) is 3.71. The second kappa shape index (κ2) is 6.08. The predicted octanol–water partition coefficient (Wildman–Crippen LogP) is 2.28. The minimum atomic E-state index is 0.191. The van der Waals surface area contributed by atoms with Crippen LogP contribution in [0, 0.1) is 0 Å². The van der Waals surface area contributed by atoms with E-state index < -0.39 is 0 Å². The van der Waals surface area contributed by atoms with Crippen LogP contribution >= 0.6 is 23.8 Å². The second-order valence-corrected chi connectivity index (χ2v) is 5.05. The lowest BCUT2D eigenvalue weighted by molar-refractivity contribution is 0.174. The first-order valence-corrected chi connectivity index (χ1v) is 6.53. The number of ether oxygens (including phenoxy) is 2. The molecular formula is C12H14ClN3O2S. The molecule has 1 aromatic carbocycles. The van der Waals surface area contributed by atoms with Gasteiger partial charge in [-0.25, -0.2) is 0 Å². The third-order valence-corrected chi connectivity index (χ3v) is 2.74. The molecule has 7 heteroatoms. The third-order valence-electron chi connectivity index (χ3n) is 2.25. The topological polar surface area (TPSA) is 54.9 Å². The van der Waals surface area contributed by atoms with Gasteiger partial charge in [0, 0.05) is 6.04 Å². The molecule has 0 radical (unpaired) electrons. The Morgan fingerprint density at radius 3 is 3.00 bits per heavy atom. The van der Waals surface area contributed by atoms with E-state index in [2.05, 4.69) is 15.8 Å². The minimum absolute atomic E-state index is 0.191. The van der Waals surface area contributed by atoms with Gasteiger partial charge in [-0.3, -0.25) is 5.43 Å². The highest BCUT2D eigenvalue weighted by molar-refractivity contribution is 7.80. The number of fused-ring (bicyclic) bond motifs is 1. The van der Waals surface area contributed by atoms with Gasteiger partial charge in [-0.2, -0.15) is 5.10 Å². The Balaban J connectivity index is 2.00. The first kappa shape index (κ1) is 13.9. The molecule has 2 rings (SSSR count). The maximum absolute atomic E-state index is 6.06. The van der Waals surface area contributed by atoms with Crippen LogP contribution in [0.5, 0.6) is 11.5 Å². The molecule has 0 unspecified atom stereocenters. The Hall–Kier alpha value is -1.53. The van der Waals surface area contributed by atoms with E-state index >= 15 is 0 Å². The molecular weight excluding hydrogens is 286 g/mol. The van der Waals surface area contributed by atoms with Crippen molar-refractivity contribution in [3.05, 3.63) is 22.7 Å². The Kier molecular flexibility index (Phi) is 4.44. The zero-order valence-corrected chi connectivity index (χ0v) is 12.1. The number of thiocarbonyl (C=S) groups is 1. The van der Waals surface area contributed by atoms with Crippen molar-refractivity contribution in [1.82, 2.24) is 10.7 Å². The van der Waals surface area contributed by atoms with Crippen LogP contribution in [0.4, 0.5) is 0 Å². The SMILES string of the molecule is CC(C)NC(=S)N/N=C\c1cc(Cl)c2c(c1)OCO2. The summed E-state index contributed by atoms with van der Waals surface area (Å²) in [4.78, 5) is 0. The van der Waals surface area contributed by atoms with E-state index in [1.165, 1.54) is 0 Å². The van der Waals surface area contributed by atoms with Gasteiger partial charge in [0.15, 0.2) is 16.6 Å². The number of rotatable bonds is 3. The molecule has 1 aliphatic rings. The molecule has 5 nitrogen and oxygen atoms in total. The number of halogens is 1. The van der Waals surface area contributed by atoms with Gasteiger partial charge in [0.1, 0.15) is 0 Å². The van der Waals surface area contributed by atoms with Crippen LogP contribution < -0.4 is 20.2 Å². The molecule has 1 heterocycles. The maximum atomic E-state index is 6.06. The van der Waals surface area contributed by atoms with Crippen molar-refractivity contribution in [1.29, 1.82) is 0 Å². The fourth-order valence-corrected chi connectivity index (χ4v) is 2.08. The fourth-order valence-electron chi connectivity index (χ4n) is 1.52. The standard InChI is InChI=1S/C12H14ClN3O2S/c1-7(2)15-12(19)16-14-5-8-3-9(13)11-10(4-8)17-6-18-11/h3-5,7H,6H2,1-2H3,(H2,15,16,19)/b14-5-. The highest BCUT2D eigenvalue weighted by atomic mass is 35.5. The number of nitrogens with zero attached hydrogens (tertiary/aromatic N) is 1. The smallest absolute Gasteiger partial charge is 0.231 e. The zero-order valence-electron chi connectivity index (χ0n) is 10.6. The van der Waals surface area contributed by atoms with E-state index in [9.17, 15) is 0 Å². The number of hydrazone groups is 1. The lowest BCUT2D eigenvalue weighted by Gasteiger charge is -2.09. The van der Waals surface area contributed by atoms with Crippen molar-refractivity contribution in [2.24, 2.45) is 5.10 Å². The Morgan fingerprint density at radius 1 is 1.47 bits per heavy atom. The highest BCUT2D eigenvalue weighted by Crippen LogP contribution is 2.39. The quantitative estimate of drug-likeness (QED) is 0.509. The summed E-state index contributed by atoms with van der Waals surface area (Å²) in [5.41, 5.74) is 3.52. The molecule has 0 amide bonds. The van der Waals surface area contributed by atoms with Crippen molar-refractivity contribution >= 4 is 35.1 Å². The molecule has 0 atom stereocenters. The fraction of sp³-hybridized carbons (Fsp3) is 0.333. The van der Waals surface area contributed by atoms with E-state index in [0.29, 0.717) is 21.6 Å². The number of nitrogens with one attached hydrogen (secondary N) is 2. The molecule has 0 saturated carbocycles. The summed E-state index contributed by atoms with van der Waals surface area (Å²) >= 11 is 11.1. The number of benzene rings is 1. The van der Waals surface area contributed by atoms with Crippen molar-refractivity contribution in [3.63, 3.8) is 0 Å². The van der Waals surface area contributed by atoms with Gasteiger partial charge < -0.3 is 14.8 Å². The summed E-state index contributed by atoms with van der Waals surface area (Å²) in [5, 5.41) is 8.02. The van der Waals surface area contributed by atoms with Gasteiger partial charge >= 0.3 is 0 Å². The molecule has 0 aromatic heterocycles. The summed E-state index contributed by atoms with van der Waals surface area (Å²) < 4.78 is 10.5. The van der Waals surface area contributed by atoms with Crippen LogP contribution in [-0.4, -0.2) is 24.2 Å². The van der Waals surface area contributed by atoms with Crippen LogP contribution in [0.3, 0.4) is 0 Å². The molecule has 102 valence electrons.